The van der Waals surface area contributed by atoms with Gasteiger partial charge in [0.1, 0.15) is 11.1 Å². The van der Waals surface area contributed by atoms with Gasteiger partial charge in [-0.3, -0.25) is 4.98 Å². The van der Waals surface area contributed by atoms with Gasteiger partial charge in [-0.15, -0.1) is 11.3 Å². The Hall–Kier alpha value is -3.35. The summed E-state index contributed by atoms with van der Waals surface area (Å²) < 4.78 is 20.9. The van der Waals surface area contributed by atoms with E-state index < -0.39 is 5.82 Å². The van der Waals surface area contributed by atoms with E-state index in [1.54, 1.807) is 0 Å². The van der Waals surface area contributed by atoms with Gasteiger partial charge in [-0.1, -0.05) is 54.4 Å². The Morgan fingerprint density at radius 1 is 1.15 bits per heavy atom. The van der Waals surface area contributed by atoms with E-state index in [1.165, 1.54) is 19.0 Å². The van der Waals surface area contributed by atoms with Crippen LogP contribution in [0.25, 0.3) is 32.2 Å². The molecule has 0 saturated carbocycles. The van der Waals surface area contributed by atoms with Gasteiger partial charge >= 0.3 is 0 Å². The van der Waals surface area contributed by atoms with Crippen LogP contribution in [0.2, 0.25) is 0 Å². The highest BCUT2D eigenvalue weighted by Crippen LogP contribution is 2.45. The Balaban J connectivity index is 0.000000568. The van der Waals surface area contributed by atoms with E-state index in [-0.39, 0.29) is 5.56 Å². The van der Waals surface area contributed by atoms with Crippen molar-refractivity contribution in [3.63, 3.8) is 0 Å². The zero-order valence-electron chi connectivity index (χ0n) is 24.4. The second kappa shape index (κ2) is 12.9. The summed E-state index contributed by atoms with van der Waals surface area (Å²) in [4.78, 5) is 16.5. The molecule has 6 rings (SSSR count). The molecular formula is C31H39FN6OS. The van der Waals surface area contributed by atoms with Crippen LogP contribution in [0.15, 0.2) is 12.4 Å². The predicted molar refractivity (Wildman–Crippen MR) is 163 cm³/mol. The second-order valence-electron chi connectivity index (χ2n) is 10.0. The summed E-state index contributed by atoms with van der Waals surface area (Å²) >= 11 is 1.09. The Bertz CT molecular complexity index is 1560. The van der Waals surface area contributed by atoms with Crippen LogP contribution in [0.1, 0.15) is 83.1 Å². The van der Waals surface area contributed by atoms with Crippen LogP contribution in [0.3, 0.4) is 0 Å². The third-order valence-electron chi connectivity index (χ3n) is 7.45. The number of thiophene rings is 1. The number of ether oxygens (including phenoxy) is 1. The van der Waals surface area contributed by atoms with E-state index in [1.807, 2.05) is 20.0 Å². The number of aromatic nitrogens is 3. The number of benzene rings is 1. The molecule has 2 aliphatic rings. The molecule has 1 saturated heterocycles. The van der Waals surface area contributed by atoms with Crippen LogP contribution in [0.4, 0.5) is 15.3 Å². The number of nitriles is 1. The number of halogens is 1. The van der Waals surface area contributed by atoms with Gasteiger partial charge in [0.25, 0.3) is 0 Å². The molecule has 7 nitrogen and oxygen atoms in total. The molecule has 2 aliphatic heterocycles. The second-order valence-corrected chi connectivity index (χ2v) is 11.1. The minimum absolute atomic E-state index is 0.270. The summed E-state index contributed by atoms with van der Waals surface area (Å²) in [5.41, 5.74) is 11.7. The summed E-state index contributed by atoms with van der Waals surface area (Å²) in [5.74, 6) is 0.863. The maximum atomic E-state index is 14.7. The third-order valence-corrected chi connectivity index (χ3v) is 8.48. The number of nitrogens with zero attached hydrogens (tertiary/aromatic N) is 5. The number of fused-ring (bicyclic) bond motifs is 4. The molecule has 0 aliphatic carbocycles. The minimum atomic E-state index is -0.476. The lowest BCUT2D eigenvalue weighted by Gasteiger charge is -2.20. The molecule has 9 heteroatoms. The highest BCUT2D eigenvalue weighted by atomic mass is 32.1. The van der Waals surface area contributed by atoms with Crippen molar-refractivity contribution in [2.45, 2.75) is 80.4 Å². The molecule has 0 spiro atoms. The van der Waals surface area contributed by atoms with Crippen molar-refractivity contribution in [3.8, 4) is 17.3 Å². The topological polar surface area (TPSA) is 101 Å². The number of pyridine rings is 1. The molecule has 3 aromatic heterocycles. The standard InChI is InChI=1S/C25H23FN6OS.C4H10.C2H6/c1-3-13-19(22-20-14(6-27)24(28)34-23(20)18(26)8-29-22)17-11-33-10-16(17)15-7-30-25(31-21(13)15)32-5-4-12(2)9-32;1-3-4-2;1-2/h7-8,12H,3-5,9-11,28H2,1-2H3;3-4H2,1-2H3;1-2H3. The first kappa shape index (κ1) is 29.6. The molecule has 0 amide bonds. The minimum Gasteiger partial charge on any atom is -0.389 e. The van der Waals surface area contributed by atoms with Gasteiger partial charge in [0, 0.05) is 35.6 Å². The summed E-state index contributed by atoms with van der Waals surface area (Å²) in [6.07, 6.45) is 7.58. The summed E-state index contributed by atoms with van der Waals surface area (Å²) in [7, 11) is 0. The number of unbranched alkanes of at least 4 members (excludes halogenated alkanes) is 1. The molecule has 0 radical (unpaired) electrons. The molecule has 1 atom stereocenters. The number of hydrogen-bond donors (Lipinski definition) is 1. The Morgan fingerprint density at radius 3 is 2.50 bits per heavy atom. The average Bonchev–Trinajstić information content (AvgIpc) is 3.72. The van der Waals surface area contributed by atoms with Gasteiger partial charge in [0.15, 0.2) is 5.82 Å². The van der Waals surface area contributed by atoms with Gasteiger partial charge in [0.2, 0.25) is 5.95 Å². The lowest BCUT2D eigenvalue weighted by atomic mass is 9.88. The number of nitrogen functional groups attached to an aromatic ring is 1. The summed E-state index contributed by atoms with van der Waals surface area (Å²) in [6.45, 7) is 15.4. The first-order chi connectivity index (χ1) is 19.4. The summed E-state index contributed by atoms with van der Waals surface area (Å²) in [6, 6.07) is 2.16. The molecule has 1 unspecified atom stereocenters. The first-order valence-electron chi connectivity index (χ1n) is 14.4. The van der Waals surface area contributed by atoms with E-state index in [9.17, 15) is 9.65 Å². The van der Waals surface area contributed by atoms with Crippen molar-refractivity contribution in [2.24, 2.45) is 5.92 Å². The number of aryl methyl sites for hydroxylation is 1. The summed E-state index contributed by atoms with van der Waals surface area (Å²) in [5, 5.41) is 11.6. The fourth-order valence-corrected chi connectivity index (χ4v) is 6.22. The fraction of sp³-hybridized carbons (Fsp3) is 0.484. The van der Waals surface area contributed by atoms with Crippen molar-refractivity contribution in [1.29, 1.82) is 5.26 Å². The van der Waals surface area contributed by atoms with Crippen molar-refractivity contribution >= 4 is 43.3 Å². The molecule has 40 heavy (non-hydrogen) atoms. The van der Waals surface area contributed by atoms with E-state index in [0.29, 0.717) is 46.3 Å². The zero-order valence-corrected chi connectivity index (χ0v) is 25.2. The molecule has 4 aromatic rings. The van der Waals surface area contributed by atoms with Crippen molar-refractivity contribution < 1.29 is 9.13 Å². The van der Waals surface area contributed by atoms with Crippen LogP contribution in [-0.2, 0) is 24.4 Å². The highest BCUT2D eigenvalue weighted by molar-refractivity contribution is 7.23. The van der Waals surface area contributed by atoms with Crippen LogP contribution in [0.5, 0.6) is 0 Å². The van der Waals surface area contributed by atoms with Gasteiger partial charge in [-0.05, 0) is 35.4 Å². The van der Waals surface area contributed by atoms with Crippen molar-refractivity contribution in [2.75, 3.05) is 23.7 Å². The molecule has 1 fully saturated rings. The average molecular weight is 563 g/mol. The van der Waals surface area contributed by atoms with E-state index in [0.717, 1.165) is 70.0 Å². The lowest BCUT2D eigenvalue weighted by molar-refractivity contribution is 0.135. The van der Waals surface area contributed by atoms with Crippen molar-refractivity contribution in [1.82, 2.24) is 15.0 Å². The van der Waals surface area contributed by atoms with Gasteiger partial charge in [-0.25, -0.2) is 14.4 Å². The Labute approximate surface area is 240 Å². The Kier molecular flexibility index (Phi) is 9.54. The van der Waals surface area contributed by atoms with E-state index in [2.05, 4.69) is 43.6 Å². The largest absolute Gasteiger partial charge is 0.389 e. The predicted octanol–water partition coefficient (Wildman–Crippen LogP) is 7.77. The zero-order chi connectivity index (χ0) is 29.0. The normalized spacial score (nSPS) is 15.8. The molecular weight excluding hydrogens is 523 g/mol. The number of hydrogen-bond acceptors (Lipinski definition) is 8. The monoisotopic (exact) mass is 562 g/mol. The van der Waals surface area contributed by atoms with Crippen LogP contribution in [0, 0.1) is 23.1 Å². The number of rotatable bonds is 4. The number of nitrogens with two attached hydrogens (primary N) is 1. The van der Waals surface area contributed by atoms with Gasteiger partial charge in [-0.2, -0.15) is 5.26 Å². The van der Waals surface area contributed by atoms with Gasteiger partial charge in [0.05, 0.1) is 40.9 Å². The molecule has 1 aromatic carbocycles. The Morgan fingerprint density at radius 2 is 1.88 bits per heavy atom. The van der Waals surface area contributed by atoms with Crippen LogP contribution in [-0.4, -0.2) is 28.0 Å². The van der Waals surface area contributed by atoms with Crippen LogP contribution >= 0.6 is 11.3 Å². The smallest absolute Gasteiger partial charge is 0.225 e. The quantitative estimate of drug-likeness (QED) is 0.271. The maximum Gasteiger partial charge on any atom is 0.225 e. The van der Waals surface area contributed by atoms with Crippen LogP contribution < -0.4 is 10.6 Å². The van der Waals surface area contributed by atoms with Crippen molar-refractivity contribution in [3.05, 3.63) is 40.5 Å². The first-order valence-corrected chi connectivity index (χ1v) is 15.2. The third kappa shape index (κ3) is 5.23. The van der Waals surface area contributed by atoms with E-state index >= 15 is 0 Å². The van der Waals surface area contributed by atoms with Gasteiger partial charge < -0.3 is 15.4 Å². The number of anilines is 2. The van der Waals surface area contributed by atoms with E-state index in [4.69, 9.17) is 20.4 Å². The molecule has 212 valence electrons. The highest BCUT2D eigenvalue weighted by Gasteiger charge is 2.30. The SMILES string of the molecule is CC.CCCC.CCc1c(-c2ncc(F)c3sc(N)c(C#N)c23)c2c(c3cnc(N4CCC(C)C4)nc13)COC2. The molecule has 5 heterocycles. The molecule has 2 N–H and O–H groups in total. The maximum absolute atomic E-state index is 14.7. The molecule has 0 bridgehead atoms. The fourth-order valence-electron chi connectivity index (χ4n) is 5.30. The lowest BCUT2D eigenvalue weighted by Crippen LogP contribution is -2.21.